The number of benzene rings is 4. The second kappa shape index (κ2) is 17.3. The molecule has 0 aliphatic rings. The van der Waals surface area contributed by atoms with Crippen LogP contribution in [0.25, 0.3) is 0 Å². The highest BCUT2D eigenvalue weighted by molar-refractivity contribution is 7.95. The average molecular weight is 658 g/mol. The molecular weight excluding hydrogens is 620 g/mol. The van der Waals surface area contributed by atoms with E-state index in [-0.39, 0.29) is 0 Å². The summed E-state index contributed by atoms with van der Waals surface area (Å²) in [6, 6.07) is 39.7. The SMILES string of the molecule is CNC(=S)NN=C(C)C(=NNC(=S)NC)c1ccc(OCCOC[P+](c2ccccc2)(c2ccccc2)c2ccccc2)cc1. The summed E-state index contributed by atoms with van der Waals surface area (Å²) >= 11 is 10.3. The molecule has 0 heterocycles. The van der Waals surface area contributed by atoms with E-state index in [1.54, 1.807) is 14.1 Å². The smallest absolute Gasteiger partial charge is 0.186 e. The van der Waals surface area contributed by atoms with E-state index in [4.69, 9.17) is 33.9 Å². The van der Waals surface area contributed by atoms with E-state index >= 15 is 0 Å². The molecule has 0 saturated carbocycles. The van der Waals surface area contributed by atoms with Gasteiger partial charge in [-0.15, -0.1) is 0 Å². The van der Waals surface area contributed by atoms with Gasteiger partial charge in [-0.25, -0.2) is 0 Å². The lowest BCUT2D eigenvalue weighted by molar-refractivity contribution is 0.133. The van der Waals surface area contributed by atoms with Gasteiger partial charge < -0.3 is 20.1 Å². The van der Waals surface area contributed by atoms with Crippen LogP contribution in [0.1, 0.15) is 12.5 Å². The number of ether oxygens (including phenoxy) is 2. The second-order valence-corrected chi connectivity index (χ2v) is 14.0. The van der Waals surface area contributed by atoms with Crippen LogP contribution in [-0.2, 0) is 4.74 Å². The molecule has 0 aliphatic heterocycles. The zero-order valence-electron chi connectivity index (χ0n) is 25.6. The van der Waals surface area contributed by atoms with Crippen molar-refractivity contribution in [2.24, 2.45) is 10.2 Å². The molecule has 0 amide bonds. The summed E-state index contributed by atoms with van der Waals surface area (Å²) in [5, 5.41) is 19.1. The van der Waals surface area contributed by atoms with Gasteiger partial charge in [-0.1, -0.05) is 54.6 Å². The lowest BCUT2D eigenvalue weighted by atomic mass is 10.1. The fourth-order valence-corrected chi connectivity index (χ4v) is 8.49. The number of rotatable bonds is 13. The molecule has 4 rings (SSSR count). The first-order chi connectivity index (χ1) is 22.0. The van der Waals surface area contributed by atoms with Crippen molar-refractivity contribution in [2.45, 2.75) is 6.92 Å². The average Bonchev–Trinajstić information content (AvgIpc) is 3.10. The number of nitrogens with zero attached hydrogens (tertiary/aromatic N) is 2. The number of hydrazone groups is 2. The Labute approximate surface area is 276 Å². The topological polar surface area (TPSA) is 91.3 Å². The Hall–Kier alpha value is -4.21. The highest BCUT2D eigenvalue weighted by Crippen LogP contribution is 2.55. The molecule has 232 valence electrons. The summed E-state index contributed by atoms with van der Waals surface area (Å²) in [6.45, 7) is 2.68. The van der Waals surface area contributed by atoms with Crippen LogP contribution in [-0.4, -0.2) is 55.3 Å². The van der Waals surface area contributed by atoms with Gasteiger partial charge in [-0.2, -0.15) is 10.2 Å². The summed E-state index contributed by atoms with van der Waals surface area (Å²) in [4.78, 5) is 0. The quantitative estimate of drug-likeness (QED) is 0.0557. The zero-order chi connectivity index (χ0) is 31.9. The van der Waals surface area contributed by atoms with Gasteiger partial charge >= 0.3 is 0 Å². The van der Waals surface area contributed by atoms with Crippen LogP contribution in [0.2, 0.25) is 0 Å². The van der Waals surface area contributed by atoms with Crippen molar-refractivity contribution in [1.29, 1.82) is 0 Å². The van der Waals surface area contributed by atoms with Crippen molar-refractivity contribution < 1.29 is 9.47 Å². The van der Waals surface area contributed by atoms with Crippen molar-refractivity contribution in [2.75, 3.05) is 33.7 Å². The van der Waals surface area contributed by atoms with E-state index in [1.165, 1.54) is 15.9 Å². The normalized spacial score (nSPS) is 11.8. The van der Waals surface area contributed by atoms with Crippen molar-refractivity contribution in [1.82, 2.24) is 21.5 Å². The molecule has 45 heavy (non-hydrogen) atoms. The van der Waals surface area contributed by atoms with Crippen LogP contribution >= 0.6 is 31.7 Å². The third-order valence-electron chi connectivity index (χ3n) is 6.89. The molecule has 4 aromatic rings. The Morgan fingerprint density at radius 1 is 0.644 bits per heavy atom. The maximum absolute atomic E-state index is 6.44. The molecule has 0 saturated heterocycles. The van der Waals surface area contributed by atoms with Crippen molar-refractivity contribution in [3.8, 4) is 5.75 Å². The van der Waals surface area contributed by atoms with Gasteiger partial charge in [0, 0.05) is 19.7 Å². The Balaban J connectivity index is 1.46. The molecule has 0 fully saturated rings. The van der Waals surface area contributed by atoms with E-state index in [0.29, 0.717) is 41.2 Å². The Bertz CT molecular complexity index is 1490. The first-order valence-corrected chi connectivity index (χ1v) is 17.2. The molecule has 0 aliphatic carbocycles. The van der Waals surface area contributed by atoms with Gasteiger partial charge in [0.1, 0.15) is 41.2 Å². The Morgan fingerprint density at radius 2 is 1.11 bits per heavy atom. The van der Waals surface area contributed by atoms with Gasteiger partial charge in [-0.05, 0) is 92.0 Å². The summed E-state index contributed by atoms with van der Waals surface area (Å²) in [5.74, 6) is 0.722. The van der Waals surface area contributed by atoms with Gasteiger partial charge in [0.15, 0.2) is 16.6 Å². The first-order valence-electron chi connectivity index (χ1n) is 14.4. The molecular formula is C34H38N6O2PS2+. The predicted molar refractivity (Wildman–Crippen MR) is 197 cm³/mol. The van der Waals surface area contributed by atoms with Crippen molar-refractivity contribution in [3.63, 3.8) is 0 Å². The first kappa shape index (κ1) is 33.7. The predicted octanol–water partition coefficient (Wildman–Crippen LogP) is 4.30. The van der Waals surface area contributed by atoms with Crippen molar-refractivity contribution in [3.05, 3.63) is 121 Å². The van der Waals surface area contributed by atoms with Gasteiger partial charge in [-0.3, -0.25) is 10.9 Å². The summed E-state index contributed by atoms with van der Waals surface area (Å²) in [5.41, 5.74) is 7.66. The lowest BCUT2D eigenvalue weighted by Crippen LogP contribution is -2.34. The number of hydrogen-bond donors (Lipinski definition) is 4. The summed E-state index contributed by atoms with van der Waals surface area (Å²) in [6.07, 6.45) is 0.568. The number of thiocarbonyl (C=S) groups is 2. The standard InChI is InChI=1S/C34H37N6O2PS2/c1-26(37-39-33(44)35-2)32(38-40-34(45)36-3)27-19-21-28(22-20-27)42-24-23-41-25-43(29-13-7-4-8-14-29,30-15-9-5-10-16-30)31-17-11-6-12-18-31/h4-22H,23-25H2,1-3H3,(H3-,35,36,37,38,39,40,44,45)/p+1. The van der Waals surface area contributed by atoms with E-state index in [9.17, 15) is 0 Å². The van der Waals surface area contributed by atoms with Crippen LogP contribution in [0.15, 0.2) is 125 Å². The van der Waals surface area contributed by atoms with E-state index < -0.39 is 7.26 Å². The maximum atomic E-state index is 6.44. The lowest BCUT2D eigenvalue weighted by Gasteiger charge is -2.27. The molecule has 8 nitrogen and oxygen atoms in total. The zero-order valence-corrected chi connectivity index (χ0v) is 28.1. The third-order valence-corrected chi connectivity index (χ3v) is 11.6. The number of nitrogens with one attached hydrogen (secondary N) is 4. The minimum Gasteiger partial charge on any atom is -0.491 e. The molecule has 4 aromatic carbocycles. The molecule has 0 bridgehead atoms. The van der Waals surface area contributed by atoms with Crippen LogP contribution in [0.5, 0.6) is 5.75 Å². The van der Waals surface area contributed by atoms with Crippen LogP contribution in [0, 0.1) is 0 Å². The van der Waals surface area contributed by atoms with Crippen LogP contribution < -0.4 is 42.1 Å². The van der Waals surface area contributed by atoms with E-state index in [0.717, 1.165) is 11.3 Å². The molecule has 4 N–H and O–H groups in total. The number of hydrogen-bond acceptors (Lipinski definition) is 6. The Kier molecular flexibility index (Phi) is 13.0. The van der Waals surface area contributed by atoms with Gasteiger partial charge in [0.05, 0.1) is 12.3 Å². The maximum Gasteiger partial charge on any atom is 0.186 e. The summed E-state index contributed by atoms with van der Waals surface area (Å²) in [7, 11) is 1.38. The van der Waals surface area contributed by atoms with Crippen LogP contribution in [0.3, 0.4) is 0 Å². The largest absolute Gasteiger partial charge is 0.491 e. The van der Waals surface area contributed by atoms with Gasteiger partial charge in [0.25, 0.3) is 0 Å². The minimum absolute atomic E-state index is 0.386. The monoisotopic (exact) mass is 657 g/mol. The minimum atomic E-state index is -2.06. The highest BCUT2D eigenvalue weighted by Gasteiger charge is 2.45. The van der Waals surface area contributed by atoms with Gasteiger partial charge in [0.2, 0.25) is 0 Å². The fraction of sp³-hybridized carbons (Fsp3) is 0.176. The highest BCUT2D eigenvalue weighted by atomic mass is 32.1. The van der Waals surface area contributed by atoms with Crippen LogP contribution in [0.4, 0.5) is 0 Å². The molecule has 0 aromatic heterocycles. The van der Waals surface area contributed by atoms with Crippen molar-refractivity contribution >= 4 is 69.3 Å². The molecule has 0 spiro atoms. The third kappa shape index (κ3) is 9.15. The molecule has 0 unspecified atom stereocenters. The Morgan fingerprint density at radius 3 is 1.58 bits per heavy atom. The second-order valence-electron chi connectivity index (χ2n) is 9.77. The van der Waals surface area contributed by atoms with E-state index in [2.05, 4.69) is 123 Å². The fourth-order valence-electron chi connectivity index (χ4n) is 4.61. The summed E-state index contributed by atoms with van der Waals surface area (Å²) < 4.78 is 12.5. The van der Waals surface area contributed by atoms with E-state index in [1.807, 2.05) is 31.2 Å². The molecule has 0 atom stereocenters. The molecule has 11 heteroatoms. The molecule has 0 radical (unpaired) electrons.